The van der Waals surface area contributed by atoms with Gasteiger partial charge in [0, 0.05) is 23.7 Å². The highest BCUT2D eigenvalue weighted by Gasteiger charge is 2.28. The number of hydrogen-bond acceptors (Lipinski definition) is 6. The molecule has 1 saturated heterocycles. The van der Waals surface area contributed by atoms with Crippen molar-refractivity contribution in [3.63, 3.8) is 0 Å². The molecule has 0 spiro atoms. The number of aryl methyl sites for hydroxylation is 1. The number of pyridine rings is 2. The van der Waals surface area contributed by atoms with Crippen molar-refractivity contribution in [2.75, 3.05) is 17.7 Å². The van der Waals surface area contributed by atoms with E-state index in [1.807, 2.05) is 26.8 Å². The van der Waals surface area contributed by atoms with Crippen molar-refractivity contribution >= 4 is 28.6 Å². The molecule has 1 fully saturated rings. The summed E-state index contributed by atoms with van der Waals surface area (Å²) in [4.78, 5) is 30.2. The lowest BCUT2D eigenvalue weighted by Crippen LogP contribution is -2.40. The van der Waals surface area contributed by atoms with Crippen LogP contribution in [0.1, 0.15) is 57.2 Å². The molecule has 38 heavy (non-hydrogen) atoms. The Morgan fingerprint density at radius 2 is 1.89 bits per heavy atom. The highest BCUT2D eigenvalue weighted by molar-refractivity contribution is 7.98. The van der Waals surface area contributed by atoms with Gasteiger partial charge in [0.2, 0.25) is 0 Å². The first-order chi connectivity index (χ1) is 18.2. The maximum absolute atomic E-state index is 15.9. The summed E-state index contributed by atoms with van der Waals surface area (Å²) in [6, 6.07) is 7.94. The zero-order valence-electron chi connectivity index (χ0n) is 22.3. The summed E-state index contributed by atoms with van der Waals surface area (Å²) in [5.74, 6) is -0.820. The van der Waals surface area contributed by atoms with Gasteiger partial charge in [-0.3, -0.25) is 4.98 Å². The minimum atomic E-state index is -0.664. The molecule has 1 atom stereocenters. The monoisotopic (exact) mass is 535 g/mol. The summed E-state index contributed by atoms with van der Waals surface area (Å²) >= 11 is 1.31. The smallest absolute Gasteiger partial charge is 0.353 e. The lowest BCUT2D eigenvalue weighted by molar-refractivity contribution is 0.481. The molecule has 0 amide bonds. The topological polar surface area (TPSA) is 63.9 Å². The molecule has 0 bridgehead atoms. The van der Waals surface area contributed by atoms with Crippen LogP contribution in [0, 0.1) is 18.6 Å². The van der Waals surface area contributed by atoms with Gasteiger partial charge in [0.1, 0.15) is 17.3 Å². The van der Waals surface area contributed by atoms with Gasteiger partial charge >= 0.3 is 5.69 Å². The fourth-order valence-corrected chi connectivity index (χ4v) is 5.92. The third-order valence-corrected chi connectivity index (χ3v) is 8.01. The van der Waals surface area contributed by atoms with E-state index in [2.05, 4.69) is 21.8 Å². The van der Waals surface area contributed by atoms with E-state index >= 15 is 8.78 Å². The average Bonchev–Trinajstić information content (AvgIpc) is 2.89. The number of nitrogens with zero attached hydrogens (tertiary/aromatic N) is 5. The minimum absolute atomic E-state index is 0.00299. The third-order valence-electron chi connectivity index (χ3n) is 7.23. The number of piperidine rings is 1. The molecule has 0 radical (unpaired) electrons. The molecule has 1 aromatic carbocycles. The lowest BCUT2D eigenvalue weighted by atomic mass is 10.0. The summed E-state index contributed by atoms with van der Waals surface area (Å²) in [6.07, 6.45) is 6.50. The maximum Gasteiger partial charge on any atom is 0.355 e. The van der Waals surface area contributed by atoms with E-state index in [0.717, 1.165) is 24.8 Å². The Labute approximate surface area is 225 Å². The number of halogens is 2. The Balaban J connectivity index is 1.92. The third kappa shape index (κ3) is 4.46. The first-order valence-corrected chi connectivity index (χ1v) is 14.1. The molecule has 0 saturated carbocycles. The van der Waals surface area contributed by atoms with Gasteiger partial charge in [0.15, 0.2) is 11.5 Å². The largest absolute Gasteiger partial charge is 0.355 e. The number of hydrogen-bond donors (Lipinski definition) is 0. The van der Waals surface area contributed by atoms with Gasteiger partial charge in [-0.2, -0.15) is 4.98 Å². The van der Waals surface area contributed by atoms with Crippen LogP contribution in [0.5, 0.6) is 0 Å². The molecule has 4 aromatic rings. The molecule has 0 unspecified atom stereocenters. The second-order valence-electron chi connectivity index (χ2n) is 10.1. The van der Waals surface area contributed by atoms with E-state index in [4.69, 9.17) is 4.98 Å². The molecule has 9 heteroatoms. The van der Waals surface area contributed by atoms with Gasteiger partial charge in [0.25, 0.3) is 0 Å². The predicted molar refractivity (Wildman–Crippen MR) is 150 cm³/mol. The Kier molecular flexibility index (Phi) is 7.22. The first-order valence-electron chi connectivity index (χ1n) is 12.9. The molecular weight excluding hydrogens is 504 g/mol. The van der Waals surface area contributed by atoms with Crippen LogP contribution in [0.15, 0.2) is 46.2 Å². The van der Waals surface area contributed by atoms with Crippen molar-refractivity contribution in [2.45, 2.75) is 63.8 Å². The van der Waals surface area contributed by atoms with Crippen LogP contribution in [-0.4, -0.2) is 38.4 Å². The van der Waals surface area contributed by atoms with E-state index in [1.165, 1.54) is 28.5 Å². The summed E-state index contributed by atoms with van der Waals surface area (Å²) < 4.78 is 32.4. The van der Waals surface area contributed by atoms with Gasteiger partial charge in [-0.1, -0.05) is 19.9 Å². The van der Waals surface area contributed by atoms with Gasteiger partial charge in [0.05, 0.1) is 22.3 Å². The molecule has 6 nitrogen and oxygen atoms in total. The number of rotatable bonds is 5. The molecule has 0 aliphatic carbocycles. The molecule has 198 valence electrons. The van der Waals surface area contributed by atoms with Crippen molar-refractivity contribution in [3.05, 3.63) is 69.9 Å². The SMILES string of the molecule is CSc1cccc(F)c1-c1nc2c(cc1F)c(N1CCCC[C@@H]1C)nc(=O)n2-c1c(C)ccnc1C(C)C. The van der Waals surface area contributed by atoms with Crippen molar-refractivity contribution in [1.29, 1.82) is 0 Å². The first kappa shape index (κ1) is 26.3. The average molecular weight is 536 g/mol. The van der Waals surface area contributed by atoms with Gasteiger partial charge in [-0.25, -0.2) is 23.1 Å². The fraction of sp³-hybridized carbons (Fsp3) is 0.379. The summed E-state index contributed by atoms with van der Waals surface area (Å²) in [7, 11) is 0. The predicted octanol–water partition coefficient (Wildman–Crippen LogP) is 6.65. The van der Waals surface area contributed by atoms with Crippen molar-refractivity contribution < 1.29 is 8.78 Å². The molecule has 5 rings (SSSR count). The molecule has 1 aliphatic heterocycles. The van der Waals surface area contributed by atoms with Crippen LogP contribution in [-0.2, 0) is 0 Å². The highest BCUT2D eigenvalue weighted by Crippen LogP contribution is 2.37. The Hall–Kier alpha value is -3.33. The van der Waals surface area contributed by atoms with Crippen LogP contribution in [0.3, 0.4) is 0 Å². The van der Waals surface area contributed by atoms with E-state index in [9.17, 15) is 4.79 Å². The molecule has 3 aromatic heterocycles. The van der Waals surface area contributed by atoms with Crippen LogP contribution in [0.25, 0.3) is 28.0 Å². The van der Waals surface area contributed by atoms with E-state index in [1.54, 1.807) is 24.6 Å². The van der Waals surface area contributed by atoms with Crippen molar-refractivity contribution in [1.82, 2.24) is 19.5 Å². The fourth-order valence-electron chi connectivity index (χ4n) is 5.30. The number of benzene rings is 1. The van der Waals surface area contributed by atoms with Crippen LogP contribution < -0.4 is 10.6 Å². The summed E-state index contributed by atoms with van der Waals surface area (Å²) in [5, 5.41) is 0.416. The van der Waals surface area contributed by atoms with E-state index in [-0.39, 0.29) is 28.9 Å². The van der Waals surface area contributed by atoms with Crippen molar-refractivity contribution in [2.24, 2.45) is 0 Å². The maximum atomic E-state index is 15.9. The zero-order valence-corrected chi connectivity index (χ0v) is 23.1. The molecule has 0 N–H and O–H groups in total. The van der Waals surface area contributed by atoms with Gasteiger partial charge in [-0.15, -0.1) is 11.8 Å². The standard InChI is InChI=1S/C29H31F2N5OS/c1-16(2)24-26(17(3)12-13-32-24)36-28-19(27(34-29(36)37)35-14-7-6-9-18(35)4)15-21(31)25(33-28)23-20(30)10-8-11-22(23)38-5/h8,10-13,15-16,18H,6-7,9,14H2,1-5H3/t18-/m0/s1. The second kappa shape index (κ2) is 10.4. The Morgan fingerprint density at radius 3 is 2.61 bits per heavy atom. The summed E-state index contributed by atoms with van der Waals surface area (Å²) in [6.45, 7) is 8.69. The van der Waals surface area contributed by atoms with E-state index in [0.29, 0.717) is 34.0 Å². The number of thioether (sulfide) groups is 1. The summed E-state index contributed by atoms with van der Waals surface area (Å²) in [5.41, 5.74) is 1.76. The normalized spacial score (nSPS) is 16.0. The minimum Gasteiger partial charge on any atom is -0.353 e. The quantitative estimate of drug-likeness (QED) is 0.267. The van der Waals surface area contributed by atoms with Crippen molar-refractivity contribution in [3.8, 4) is 16.9 Å². The van der Waals surface area contributed by atoms with E-state index < -0.39 is 17.3 Å². The second-order valence-corrected chi connectivity index (χ2v) is 11.0. The molecular formula is C29H31F2N5OS. The van der Waals surface area contributed by atoms with Gasteiger partial charge in [-0.05, 0) is 75.1 Å². The highest BCUT2D eigenvalue weighted by atomic mass is 32.2. The van der Waals surface area contributed by atoms with Crippen LogP contribution >= 0.6 is 11.8 Å². The Morgan fingerprint density at radius 1 is 1.11 bits per heavy atom. The number of aromatic nitrogens is 4. The van der Waals surface area contributed by atoms with Crippen LogP contribution in [0.2, 0.25) is 0 Å². The molecule has 1 aliphatic rings. The van der Waals surface area contributed by atoms with Crippen LogP contribution in [0.4, 0.5) is 14.6 Å². The Bertz CT molecular complexity index is 1590. The number of anilines is 1. The van der Waals surface area contributed by atoms with Gasteiger partial charge < -0.3 is 4.90 Å². The lowest BCUT2D eigenvalue weighted by Gasteiger charge is -2.35. The number of fused-ring (bicyclic) bond motifs is 1. The zero-order chi connectivity index (χ0) is 27.1. The molecule has 4 heterocycles.